The number of hydrogen-bond acceptors (Lipinski definition) is 1. The van der Waals surface area contributed by atoms with Crippen molar-refractivity contribution in [3.63, 3.8) is 0 Å². The van der Waals surface area contributed by atoms with E-state index in [4.69, 9.17) is 28.9 Å². The lowest BCUT2D eigenvalue weighted by Gasteiger charge is -2.19. The Morgan fingerprint density at radius 3 is 2.36 bits per heavy atom. The molecule has 0 aliphatic heterocycles. The van der Waals surface area contributed by atoms with E-state index in [9.17, 15) is 17.6 Å². The first kappa shape index (κ1) is 19.8. The Bertz CT molecular complexity index is 777. The molecule has 0 aromatic heterocycles. The molecule has 2 aromatic carbocycles. The third kappa shape index (κ3) is 4.75. The number of allylic oxidation sites excluding steroid dienone is 1. The Hall–Kier alpha value is -1.56. The van der Waals surface area contributed by atoms with Crippen molar-refractivity contribution in [1.29, 1.82) is 0 Å². The largest absolute Gasteiger partial charge is 0.399 e. The van der Waals surface area contributed by atoms with Crippen molar-refractivity contribution >= 4 is 29.3 Å². The molecule has 1 unspecified atom stereocenters. The Morgan fingerprint density at radius 2 is 1.84 bits per heavy atom. The lowest BCUT2D eigenvalue weighted by atomic mass is 9.95. The Morgan fingerprint density at radius 1 is 1.16 bits per heavy atom. The zero-order valence-electron chi connectivity index (χ0n) is 13.2. The van der Waals surface area contributed by atoms with E-state index in [2.05, 4.69) is 0 Å². The van der Waals surface area contributed by atoms with Gasteiger partial charge in [0.1, 0.15) is 5.82 Å². The summed E-state index contributed by atoms with van der Waals surface area (Å²) in [5, 5.41) is 0.271. The average Bonchev–Trinajstić information content (AvgIpc) is 2.51. The number of nitrogens with two attached hydrogens (primary N) is 1. The van der Waals surface area contributed by atoms with E-state index in [0.717, 1.165) is 12.1 Å². The molecule has 0 saturated heterocycles. The smallest absolute Gasteiger partial charge is 0.326 e. The zero-order chi connectivity index (χ0) is 18.8. The maximum absolute atomic E-state index is 13.7. The first-order valence-corrected chi connectivity index (χ1v) is 8.08. The maximum atomic E-state index is 13.7. The number of rotatable bonds is 4. The van der Waals surface area contributed by atoms with Crippen LogP contribution in [0.15, 0.2) is 36.4 Å². The van der Waals surface area contributed by atoms with E-state index in [1.54, 1.807) is 6.92 Å². The fourth-order valence-electron chi connectivity index (χ4n) is 2.38. The highest BCUT2D eigenvalue weighted by Gasteiger charge is 2.39. The molecule has 7 heteroatoms. The van der Waals surface area contributed by atoms with Gasteiger partial charge in [-0.3, -0.25) is 0 Å². The van der Waals surface area contributed by atoms with Crippen molar-refractivity contribution in [1.82, 2.24) is 0 Å². The van der Waals surface area contributed by atoms with Crippen molar-refractivity contribution in [2.24, 2.45) is 5.73 Å². The summed E-state index contributed by atoms with van der Waals surface area (Å²) in [5.41, 5.74) is 6.39. The van der Waals surface area contributed by atoms with Crippen molar-refractivity contribution in [2.75, 3.05) is 0 Å². The molecule has 134 valence electrons. The number of aryl methyl sites for hydroxylation is 1. The highest BCUT2D eigenvalue weighted by molar-refractivity contribution is 6.42. The molecule has 1 nitrogen and oxygen atoms in total. The Kier molecular flexibility index (Phi) is 6.14. The fraction of sp³-hybridized carbons (Fsp3) is 0.222. The van der Waals surface area contributed by atoms with Gasteiger partial charge in [-0.05, 0) is 35.7 Å². The third-order valence-corrected chi connectivity index (χ3v) is 4.62. The van der Waals surface area contributed by atoms with Crippen LogP contribution in [0.25, 0.3) is 6.08 Å². The molecule has 0 heterocycles. The second-order valence-electron chi connectivity index (χ2n) is 5.57. The van der Waals surface area contributed by atoms with Crippen LogP contribution < -0.4 is 5.73 Å². The minimum atomic E-state index is -4.53. The molecule has 0 bridgehead atoms. The van der Waals surface area contributed by atoms with Crippen LogP contribution >= 0.6 is 23.2 Å². The molecule has 1 atom stereocenters. The SMILES string of the molecule is Cc1cc(C(/C=C/c2ccc(CN)c(F)c2)C(F)(F)F)cc(Cl)c1Cl. The topological polar surface area (TPSA) is 26.0 Å². The van der Waals surface area contributed by atoms with Gasteiger partial charge < -0.3 is 5.73 Å². The Labute approximate surface area is 153 Å². The summed E-state index contributed by atoms with van der Waals surface area (Å²) in [4.78, 5) is 0. The van der Waals surface area contributed by atoms with Crippen LogP contribution in [0.3, 0.4) is 0 Å². The minimum Gasteiger partial charge on any atom is -0.326 e. The third-order valence-electron chi connectivity index (χ3n) is 3.72. The molecular formula is C18H15Cl2F4N. The number of alkyl halides is 3. The van der Waals surface area contributed by atoms with Gasteiger partial charge >= 0.3 is 6.18 Å². The molecule has 0 amide bonds. The summed E-state index contributed by atoms with van der Waals surface area (Å²) in [5.74, 6) is -2.45. The van der Waals surface area contributed by atoms with Gasteiger partial charge in [-0.25, -0.2) is 4.39 Å². The van der Waals surface area contributed by atoms with Gasteiger partial charge in [0.05, 0.1) is 16.0 Å². The number of benzene rings is 2. The molecule has 2 N–H and O–H groups in total. The van der Waals surface area contributed by atoms with Crippen molar-refractivity contribution in [3.8, 4) is 0 Å². The van der Waals surface area contributed by atoms with Crippen LogP contribution in [-0.4, -0.2) is 6.18 Å². The second kappa shape index (κ2) is 7.77. The van der Waals surface area contributed by atoms with Crippen LogP contribution in [0.1, 0.15) is 28.2 Å². The molecule has 0 spiro atoms. The molecule has 0 aliphatic carbocycles. The normalized spacial score (nSPS) is 13.4. The van der Waals surface area contributed by atoms with E-state index in [1.807, 2.05) is 0 Å². The summed E-state index contributed by atoms with van der Waals surface area (Å²) in [6, 6.07) is 6.63. The van der Waals surface area contributed by atoms with E-state index >= 15 is 0 Å². The molecule has 0 aliphatic rings. The predicted molar refractivity (Wildman–Crippen MR) is 93.3 cm³/mol. The molecule has 2 aromatic rings. The summed E-state index contributed by atoms with van der Waals surface area (Å²) in [7, 11) is 0. The minimum absolute atomic E-state index is 0.0174. The first-order chi connectivity index (χ1) is 11.6. The zero-order valence-corrected chi connectivity index (χ0v) is 14.7. The average molecular weight is 392 g/mol. The summed E-state index contributed by atoms with van der Waals surface area (Å²) in [6.45, 7) is 1.60. The lowest BCUT2D eigenvalue weighted by Crippen LogP contribution is -2.19. The quantitative estimate of drug-likeness (QED) is 0.611. The standard InChI is InChI=1S/C18H15Cl2F4N/c1-10-6-13(8-15(19)17(10)20)14(18(22,23)24)5-3-11-2-4-12(9-25)16(21)7-11/h2-8,14H,9,25H2,1H3/b5-3+. The maximum Gasteiger partial charge on any atom is 0.399 e. The van der Waals surface area contributed by atoms with Crippen LogP contribution in [0, 0.1) is 12.7 Å². The van der Waals surface area contributed by atoms with E-state index in [0.29, 0.717) is 16.7 Å². The monoisotopic (exact) mass is 391 g/mol. The summed E-state index contributed by atoms with van der Waals surface area (Å²) in [6.07, 6.45) is -2.34. The second-order valence-corrected chi connectivity index (χ2v) is 6.35. The lowest BCUT2D eigenvalue weighted by molar-refractivity contribution is -0.139. The molecule has 25 heavy (non-hydrogen) atoms. The summed E-state index contributed by atoms with van der Waals surface area (Å²) >= 11 is 11.8. The molecule has 0 radical (unpaired) electrons. The fourth-order valence-corrected chi connectivity index (χ4v) is 2.77. The first-order valence-electron chi connectivity index (χ1n) is 7.32. The molecular weight excluding hydrogens is 377 g/mol. The van der Waals surface area contributed by atoms with Gasteiger partial charge in [-0.15, -0.1) is 0 Å². The summed E-state index contributed by atoms with van der Waals surface area (Å²) < 4.78 is 54.1. The molecule has 0 saturated carbocycles. The van der Waals surface area contributed by atoms with Gasteiger partial charge in [-0.1, -0.05) is 53.6 Å². The van der Waals surface area contributed by atoms with Crippen LogP contribution in [0.4, 0.5) is 17.6 Å². The van der Waals surface area contributed by atoms with Gasteiger partial charge in [0.25, 0.3) is 0 Å². The number of halogens is 6. The number of hydrogen-bond donors (Lipinski definition) is 1. The van der Waals surface area contributed by atoms with Crippen LogP contribution in [0.5, 0.6) is 0 Å². The van der Waals surface area contributed by atoms with E-state index in [1.165, 1.54) is 30.3 Å². The van der Waals surface area contributed by atoms with E-state index in [-0.39, 0.29) is 22.2 Å². The van der Waals surface area contributed by atoms with Crippen molar-refractivity contribution < 1.29 is 17.6 Å². The predicted octanol–water partition coefficient (Wildman–Crippen LogP) is 6.26. The van der Waals surface area contributed by atoms with Crippen molar-refractivity contribution in [2.45, 2.75) is 25.6 Å². The highest BCUT2D eigenvalue weighted by atomic mass is 35.5. The van der Waals surface area contributed by atoms with Gasteiger partial charge in [0.15, 0.2) is 0 Å². The van der Waals surface area contributed by atoms with Gasteiger partial charge in [-0.2, -0.15) is 13.2 Å². The molecule has 0 fully saturated rings. The molecule has 2 rings (SSSR count). The van der Waals surface area contributed by atoms with Crippen molar-refractivity contribution in [3.05, 3.63) is 74.5 Å². The van der Waals surface area contributed by atoms with Gasteiger partial charge in [0.2, 0.25) is 0 Å². The Balaban J connectivity index is 2.41. The van der Waals surface area contributed by atoms with Crippen LogP contribution in [-0.2, 0) is 6.54 Å². The van der Waals surface area contributed by atoms with Gasteiger partial charge in [0, 0.05) is 12.1 Å². The highest BCUT2D eigenvalue weighted by Crippen LogP contribution is 2.39. The van der Waals surface area contributed by atoms with E-state index < -0.39 is 17.9 Å². The van der Waals surface area contributed by atoms with Crippen LogP contribution in [0.2, 0.25) is 10.0 Å².